The minimum absolute atomic E-state index is 0.549. The molecule has 2 aromatic rings. The summed E-state index contributed by atoms with van der Waals surface area (Å²) in [7, 11) is 0. The molecule has 1 N–H and O–H groups in total. The van der Waals surface area contributed by atoms with Crippen LogP contribution in [0.5, 0.6) is 0 Å². The van der Waals surface area contributed by atoms with Crippen LogP contribution in [0.15, 0.2) is 36.4 Å². The van der Waals surface area contributed by atoms with Crippen molar-refractivity contribution in [3.05, 3.63) is 47.0 Å². The highest BCUT2D eigenvalue weighted by Gasteiger charge is 2.06. The Balaban J connectivity index is 2.09. The van der Waals surface area contributed by atoms with Gasteiger partial charge in [-0.1, -0.05) is 23.8 Å². The smallest absolute Gasteiger partial charge is 0.128 e. The number of nitrogens with one attached hydrogen (secondary N) is 1. The molecule has 4 nitrogen and oxygen atoms in total. The van der Waals surface area contributed by atoms with Crippen LogP contribution in [0, 0.1) is 11.3 Å². The van der Waals surface area contributed by atoms with Gasteiger partial charge in [0.05, 0.1) is 30.4 Å². The van der Waals surface area contributed by atoms with Gasteiger partial charge in [-0.2, -0.15) is 5.26 Å². The number of rotatable bonds is 6. The quantitative estimate of drug-likeness (QED) is 0.652. The summed E-state index contributed by atoms with van der Waals surface area (Å²) < 4.78 is 5.40. The van der Waals surface area contributed by atoms with Crippen molar-refractivity contribution in [2.24, 2.45) is 0 Å². The van der Waals surface area contributed by atoms with Crippen molar-refractivity contribution in [2.45, 2.75) is 6.92 Å². The van der Waals surface area contributed by atoms with E-state index < -0.39 is 0 Å². The van der Waals surface area contributed by atoms with Gasteiger partial charge < -0.3 is 10.1 Å². The zero-order valence-corrected chi connectivity index (χ0v) is 12.6. The molecule has 21 heavy (non-hydrogen) atoms. The normalized spacial score (nSPS) is 10.3. The first-order chi connectivity index (χ1) is 10.1. The fourth-order valence-corrected chi connectivity index (χ4v) is 2.05. The van der Waals surface area contributed by atoms with Crippen molar-refractivity contribution < 1.29 is 4.74 Å². The van der Waals surface area contributed by atoms with E-state index in [-0.39, 0.29) is 0 Å². The summed E-state index contributed by atoms with van der Waals surface area (Å²) in [5.41, 5.74) is 2.28. The van der Waals surface area contributed by atoms with Crippen LogP contribution >= 0.6 is 11.6 Å². The molecule has 1 heterocycles. The molecule has 0 fully saturated rings. The maximum Gasteiger partial charge on any atom is 0.128 e. The third-order valence-corrected chi connectivity index (χ3v) is 3.03. The molecule has 108 valence electrons. The van der Waals surface area contributed by atoms with Crippen LogP contribution in [-0.2, 0) is 4.74 Å². The Morgan fingerprint density at radius 3 is 3.00 bits per heavy atom. The van der Waals surface area contributed by atoms with E-state index in [1.54, 1.807) is 24.3 Å². The predicted octanol–water partition coefficient (Wildman–Crippen LogP) is 3.76. The summed E-state index contributed by atoms with van der Waals surface area (Å²) in [6.07, 6.45) is 0. The molecule has 0 bridgehead atoms. The second-order valence-corrected chi connectivity index (χ2v) is 5.20. The topological polar surface area (TPSA) is 57.9 Å². The molecule has 0 aliphatic rings. The number of halogens is 1. The number of hydrogen-bond acceptors (Lipinski definition) is 4. The maximum atomic E-state index is 9.24. The molecule has 0 spiro atoms. The van der Waals surface area contributed by atoms with Crippen LogP contribution in [0.4, 0.5) is 5.82 Å². The van der Waals surface area contributed by atoms with Crippen LogP contribution < -0.4 is 5.32 Å². The van der Waals surface area contributed by atoms with Gasteiger partial charge in [0.1, 0.15) is 5.82 Å². The van der Waals surface area contributed by atoms with Crippen LogP contribution in [0.3, 0.4) is 0 Å². The average Bonchev–Trinajstić information content (AvgIpc) is 2.46. The second-order valence-electron chi connectivity index (χ2n) is 4.76. The Bertz CT molecular complexity index is 706. The van der Waals surface area contributed by atoms with Gasteiger partial charge in [-0.05, 0) is 31.2 Å². The molecule has 0 unspecified atom stereocenters. The van der Waals surface area contributed by atoms with E-state index in [0.29, 0.717) is 36.2 Å². The van der Waals surface area contributed by atoms with Gasteiger partial charge in [0.2, 0.25) is 0 Å². The number of hydrogen-bond donors (Lipinski definition) is 1. The van der Waals surface area contributed by atoms with Crippen LogP contribution in [0.2, 0.25) is 5.02 Å². The number of pyridine rings is 1. The van der Waals surface area contributed by atoms with Crippen molar-refractivity contribution >= 4 is 28.3 Å². The number of benzene rings is 1. The number of anilines is 1. The Labute approximate surface area is 129 Å². The van der Waals surface area contributed by atoms with Crippen molar-refractivity contribution in [2.75, 3.05) is 25.1 Å². The minimum Gasteiger partial charge on any atom is -0.375 e. The number of nitriles is 1. The monoisotopic (exact) mass is 301 g/mol. The van der Waals surface area contributed by atoms with E-state index in [9.17, 15) is 5.26 Å². The van der Waals surface area contributed by atoms with Gasteiger partial charge >= 0.3 is 0 Å². The Morgan fingerprint density at radius 2 is 2.29 bits per heavy atom. The fraction of sp³-hybridized carbons (Fsp3) is 0.250. The highest BCUT2D eigenvalue weighted by atomic mass is 35.5. The third-order valence-electron chi connectivity index (χ3n) is 2.79. The second kappa shape index (κ2) is 7.07. The zero-order valence-electron chi connectivity index (χ0n) is 11.8. The summed E-state index contributed by atoms with van der Waals surface area (Å²) in [6, 6.07) is 9.21. The standard InChI is InChI=1S/C16H16ClN3O/c1-11(2)10-21-6-5-19-16-7-12(9-18)14-8-13(17)3-4-15(14)20-16/h3-4,7-8H,1,5-6,10H2,2H3,(H,19,20). The molecule has 0 radical (unpaired) electrons. The van der Waals surface area contributed by atoms with Gasteiger partial charge in [-0.25, -0.2) is 4.98 Å². The van der Waals surface area contributed by atoms with Crippen LogP contribution in [0.25, 0.3) is 10.9 Å². The molecule has 0 atom stereocenters. The molecule has 0 aliphatic heterocycles. The largest absolute Gasteiger partial charge is 0.375 e. The van der Waals surface area contributed by atoms with Gasteiger partial charge in [0, 0.05) is 17.0 Å². The predicted molar refractivity (Wildman–Crippen MR) is 85.6 cm³/mol. The van der Waals surface area contributed by atoms with Gasteiger partial charge in [0.25, 0.3) is 0 Å². The molecule has 5 heteroatoms. The first-order valence-electron chi connectivity index (χ1n) is 6.56. The van der Waals surface area contributed by atoms with Crippen molar-refractivity contribution in [3.63, 3.8) is 0 Å². The van der Waals surface area contributed by atoms with Crippen molar-refractivity contribution in [1.82, 2.24) is 4.98 Å². The molecule has 0 saturated heterocycles. The van der Waals surface area contributed by atoms with Gasteiger partial charge in [-0.3, -0.25) is 0 Å². The SMILES string of the molecule is C=C(C)COCCNc1cc(C#N)c2cc(Cl)ccc2n1. The van der Waals surface area contributed by atoms with E-state index >= 15 is 0 Å². The van der Waals surface area contributed by atoms with E-state index in [1.807, 2.05) is 6.92 Å². The summed E-state index contributed by atoms with van der Waals surface area (Å²) >= 11 is 5.95. The lowest BCUT2D eigenvalue weighted by atomic mass is 10.1. The molecule has 0 aliphatic carbocycles. The van der Waals surface area contributed by atoms with E-state index in [1.165, 1.54) is 0 Å². The summed E-state index contributed by atoms with van der Waals surface area (Å²) in [6.45, 7) is 7.41. The summed E-state index contributed by atoms with van der Waals surface area (Å²) in [5, 5.41) is 13.7. The van der Waals surface area contributed by atoms with Crippen LogP contribution in [-0.4, -0.2) is 24.7 Å². The number of ether oxygens (including phenoxy) is 1. The van der Waals surface area contributed by atoms with Crippen molar-refractivity contribution in [1.29, 1.82) is 5.26 Å². The first kappa shape index (κ1) is 15.3. The average molecular weight is 302 g/mol. The van der Waals surface area contributed by atoms with Crippen LogP contribution in [0.1, 0.15) is 12.5 Å². The van der Waals surface area contributed by atoms with E-state index in [4.69, 9.17) is 16.3 Å². The highest BCUT2D eigenvalue weighted by Crippen LogP contribution is 2.23. The zero-order chi connectivity index (χ0) is 15.2. The lowest BCUT2D eigenvalue weighted by molar-refractivity contribution is 0.167. The highest BCUT2D eigenvalue weighted by molar-refractivity contribution is 6.31. The molecule has 1 aromatic carbocycles. The van der Waals surface area contributed by atoms with Gasteiger partial charge in [-0.15, -0.1) is 0 Å². The van der Waals surface area contributed by atoms with Gasteiger partial charge in [0.15, 0.2) is 0 Å². The lowest BCUT2D eigenvalue weighted by Gasteiger charge is -2.09. The van der Waals surface area contributed by atoms with E-state index in [0.717, 1.165) is 16.5 Å². The minimum atomic E-state index is 0.549. The molecule has 0 saturated carbocycles. The van der Waals surface area contributed by atoms with E-state index in [2.05, 4.69) is 22.9 Å². The Kier molecular flexibility index (Phi) is 5.15. The summed E-state index contributed by atoms with van der Waals surface area (Å²) in [5.74, 6) is 0.653. The Hall–Kier alpha value is -2.09. The molecule has 0 amide bonds. The summed E-state index contributed by atoms with van der Waals surface area (Å²) in [4.78, 5) is 4.46. The Morgan fingerprint density at radius 1 is 1.48 bits per heavy atom. The molecule has 1 aromatic heterocycles. The number of aromatic nitrogens is 1. The lowest BCUT2D eigenvalue weighted by Crippen LogP contribution is -2.11. The number of nitrogens with zero attached hydrogens (tertiary/aromatic N) is 2. The molecular formula is C16H16ClN3O. The third kappa shape index (κ3) is 4.19. The first-order valence-corrected chi connectivity index (χ1v) is 6.94. The fourth-order valence-electron chi connectivity index (χ4n) is 1.88. The number of fused-ring (bicyclic) bond motifs is 1. The molecule has 2 rings (SSSR count). The van der Waals surface area contributed by atoms with Crippen molar-refractivity contribution in [3.8, 4) is 6.07 Å². The maximum absolute atomic E-state index is 9.24. The molecular weight excluding hydrogens is 286 g/mol.